The van der Waals surface area contributed by atoms with Crippen molar-refractivity contribution in [3.63, 3.8) is 0 Å². The van der Waals surface area contributed by atoms with Gasteiger partial charge in [-0.05, 0) is 37.2 Å². The van der Waals surface area contributed by atoms with Gasteiger partial charge in [-0.15, -0.1) is 0 Å². The zero-order valence-corrected chi connectivity index (χ0v) is 11.2. The van der Waals surface area contributed by atoms with Crippen LogP contribution in [-0.4, -0.2) is 0 Å². The minimum atomic E-state index is 0.554. The van der Waals surface area contributed by atoms with E-state index in [1.807, 2.05) is 0 Å². The van der Waals surface area contributed by atoms with Gasteiger partial charge in [0.15, 0.2) is 0 Å². The Labute approximate surface area is 106 Å². The molecule has 0 heterocycles. The Morgan fingerprint density at radius 1 is 1.12 bits per heavy atom. The Kier molecular flexibility index (Phi) is 4.42. The molecule has 0 aliphatic heterocycles. The molecule has 0 N–H and O–H groups in total. The number of allylic oxidation sites excluding steroid dienone is 2. The van der Waals surface area contributed by atoms with Gasteiger partial charge in [0.2, 0.25) is 0 Å². The predicted octanol–water partition coefficient (Wildman–Crippen LogP) is 5.32. The summed E-state index contributed by atoms with van der Waals surface area (Å²) in [6.07, 6.45) is 9.59. The third kappa shape index (κ3) is 3.46. The highest BCUT2D eigenvalue weighted by Gasteiger charge is 2.15. The third-order valence-electron chi connectivity index (χ3n) is 4.09. The van der Waals surface area contributed by atoms with Gasteiger partial charge in [0.25, 0.3) is 0 Å². The second-order valence-corrected chi connectivity index (χ2v) is 5.44. The van der Waals surface area contributed by atoms with Crippen molar-refractivity contribution in [1.29, 1.82) is 0 Å². The van der Waals surface area contributed by atoms with Gasteiger partial charge in [0, 0.05) is 0 Å². The Hall–Kier alpha value is -1.04. The second-order valence-electron chi connectivity index (χ2n) is 5.44. The lowest BCUT2D eigenvalue weighted by Crippen LogP contribution is -2.08. The van der Waals surface area contributed by atoms with Crippen LogP contribution in [0.25, 0.3) is 0 Å². The Morgan fingerprint density at radius 3 is 2.41 bits per heavy atom. The Morgan fingerprint density at radius 2 is 1.76 bits per heavy atom. The minimum absolute atomic E-state index is 0.554. The van der Waals surface area contributed by atoms with E-state index >= 15 is 0 Å². The molecular weight excluding hydrogens is 204 g/mol. The number of hydrogen-bond donors (Lipinski definition) is 0. The monoisotopic (exact) mass is 228 g/mol. The van der Waals surface area contributed by atoms with Gasteiger partial charge < -0.3 is 0 Å². The van der Waals surface area contributed by atoms with Gasteiger partial charge in [-0.3, -0.25) is 0 Å². The van der Waals surface area contributed by atoms with Crippen LogP contribution in [0.4, 0.5) is 0 Å². The maximum Gasteiger partial charge on any atom is -0.000776 e. The first-order valence-electron chi connectivity index (χ1n) is 7.00. The average Bonchev–Trinajstić information content (AvgIpc) is 2.40. The van der Waals surface area contributed by atoms with E-state index in [0.29, 0.717) is 5.92 Å². The fraction of sp³-hybridized carbons (Fsp3) is 0.529. The normalized spacial score (nSPS) is 20.2. The molecule has 1 aliphatic rings. The molecule has 92 valence electrons. The van der Waals surface area contributed by atoms with E-state index < -0.39 is 0 Å². The van der Waals surface area contributed by atoms with Gasteiger partial charge in [0.1, 0.15) is 0 Å². The van der Waals surface area contributed by atoms with Crippen LogP contribution in [0.15, 0.2) is 42.0 Å². The second kappa shape index (κ2) is 6.05. The van der Waals surface area contributed by atoms with Crippen molar-refractivity contribution in [1.82, 2.24) is 0 Å². The molecule has 1 aromatic rings. The van der Waals surface area contributed by atoms with Gasteiger partial charge in [-0.1, -0.05) is 68.2 Å². The van der Waals surface area contributed by atoms with E-state index in [4.69, 9.17) is 0 Å². The molecule has 0 amide bonds. The van der Waals surface area contributed by atoms with E-state index in [9.17, 15) is 0 Å². The molecule has 1 aliphatic carbocycles. The molecular formula is C17H24. The van der Waals surface area contributed by atoms with Gasteiger partial charge in [-0.2, -0.15) is 0 Å². The molecule has 1 unspecified atom stereocenters. The largest absolute Gasteiger partial charge is 0.0781 e. The van der Waals surface area contributed by atoms with Crippen molar-refractivity contribution < 1.29 is 0 Å². The molecule has 2 rings (SSSR count). The zero-order chi connectivity index (χ0) is 12.1. The molecule has 1 atom stereocenters. The molecule has 0 bridgehead atoms. The first-order valence-corrected chi connectivity index (χ1v) is 7.00. The van der Waals surface area contributed by atoms with Crippen molar-refractivity contribution in [2.24, 2.45) is 5.92 Å². The van der Waals surface area contributed by atoms with Gasteiger partial charge in [0.05, 0.1) is 0 Å². The third-order valence-corrected chi connectivity index (χ3v) is 4.09. The van der Waals surface area contributed by atoms with Crippen molar-refractivity contribution in [2.45, 2.75) is 51.9 Å². The summed E-state index contributed by atoms with van der Waals surface area (Å²) in [6, 6.07) is 10.8. The van der Waals surface area contributed by atoms with Crippen LogP contribution in [-0.2, 0) is 0 Å². The van der Waals surface area contributed by atoms with E-state index in [-0.39, 0.29) is 0 Å². The molecule has 1 saturated carbocycles. The first-order chi connectivity index (χ1) is 8.27. The minimum Gasteiger partial charge on any atom is -0.0781 e. The van der Waals surface area contributed by atoms with Crippen LogP contribution >= 0.6 is 0 Å². The molecule has 1 fully saturated rings. The lowest BCUT2D eigenvalue weighted by atomic mass is 9.83. The van der Waals surface area contributed by atoms with Crippen LogP contribution in [0.3, 0.4) is 0 Å². The van der Waals surface area contributed by atoms with Crippen molar-refractivity contribution >= 4 is 0 Å². The first kappa shape index (κ1) is 12.4. The van der Waals surface area contributed by atoms with Crippen LogP contribution in [0.1, 0.15) is 57.4 Å². The highest BCUT2D eigenvalue weighted by Crippen LogP contribution is 2.31. The lowest BCUT2D eigenvalue weighted by molar-refractivity contribution is 0.401. The lowest BCUT2D eigenvalue weighted by Gasteiger charge is -2.23. The van der Waals surface area contributed by atoms with E-state index in [2.05, 4.69) is 50.3 Å². The molecule has 0 nitrogen and oxygen atoms in total. The quantitative estimate of drug-likeness (QED) is 0.614. The van der Waals surface area contributed by atoms with E-state index in [1.54, 1.807) is 5.57 Å². The number of benzene rings is 1. The van der Waals surface area contributed by atoms with Crippen LogP contribution in [0, 0.1) is 5.92 Å². The summed E-state index contributed by atoms with van der Waals surface area (Å²) < 4.78 is 0. The standard InChI is InChI=1S/C17H24/c1-14(16-9-5-3-6-10-16)13-15(2)17-11-7-4-8-12-17/h3,5-6,9-10,13-14,17H,4,7-8,11-12H2,1-2H3/b15-13+. The summed E-state index contributed by atoms with van der Waals surface area (Å²) in [7, 11) is 0. The van der Waals surface area contributed by atoms with Gasteiger partial charge in [-0.25, -0.2) is 0 Å². The smallest absolute Gasteiger partial charge is 0.000776 e. The highest BCUT2D eigenvalue weighted by molar-refractivity contribution is 5.24. The summed E-state index contributed by atoms with van der Waals surface area (Å²) in [4.78, 5) is 0. The molecule has 17 heavy (non-hydrogen) atoms. The zero-order valence-electron chi connectivity index (χ0n) is 11.2. The van der Waals surface area contributed by atoms with Crippen LogP contribution in [0.5, 0.6) is 0 Å². The maximum absolute atomic E-state index is 2.48. The molecule has 0 saturated heterocycles. The van der Waals surface area contributed by atoms with Crippen molar-refractivity contribution in [3.8, 4) is 0 Å². The fourth-order valence-corrected chi connectivity index (χ4v) is 2.94. The summed E-state index contributed by atoms with van der Waals surface area (Å²) >= 11 is 0. The molecule has 1 aromatic carbocycles. The number of hydrogen-bond acceptors (Lipinski definition) is 0. The Balaban J connectivity index is 2.02. The van der Waals surface area contributed by atoms with E-state index in [0.717, 1.165) is 5.92 Å². The molecule has 0 aromatic heterocycles. The van der Waals surface area contributed by atoms with E-state index in [1.165, 1.54) is 37.7 Å². The summed E-state index contributed by atoms with van der Waals surface area (Å²) in [5.74, 6) is 1.41. The molecule has 0 radical (unpaired) electrons. The SMILES string of the molecule is C/C(=C\C(C)c1ccccc1)C1CCCCC1. The molecule has 0 spiro atoms. The average molecular weight is 228 g/mol. The van der Waals surface area contributed by atoms with Crippen LogP contribution in [0.2, 0.25) is 0 Å². The summed E-state index contributed by atoms with van der Waals surface area (Å²) in [5.41, 5.74) is 3.05. The Bertz CT molecular complexity index is 355. The van der Waals surface area contributed by atoms with Gasteiger partial charge >= 0.3 is 0 Å². The summed E-state index contributed by atoms with van der Waals surface area (Å²) in [5, 5.41) is 0. The topological polar surface area (TPSA) is 0 Å². The maximum atomic E-state index is 2.48. The van der Waals surface area contributed by atoms with Crippen molar-refractivity contribution in [2.75, 3.05) is 0 Å². The number of rotatable bonds is 3. The fourth-order valence-electron chi connectivity index (χ4n) is 2.94. The summed E-state index contributed by atoms with van der Waals surface area (Å²) in [6.45, 7) is 4.64. The van der Waals surface area contributed by atoms with Crippen LogP contribution < -0.4 is 0 Å². The predicted molar refractivity (Wildman–Crippen MR) is 75.2 cm³/mol. The van der Waals surface area contributed by atoms with Crippen molar-refractivity contribution in [3.05, 3.63) is 47.5 Å². The highest BCUT2D eigenvalue weighted by atomic mass is 14.2. The molecule has 0 heteroatoms.